The SMILES string of the molecule is CCNc1cccc(C(=O)NCc2c(OC)n(CC)[nH]c2=O)c1C. The molecule has 0 fully saturated rings. The van der Waals surface area contributed by atoms with Crippen LogP contribution in [0.4, 0.5) is 5.69 Å². The maximum atomic E-state index is 12.5. The number of aryl methyl sites for hydroxylation is 1. The smallest absolute Gasteiger partial charge is 0.273 e. The molecule has 0 atom stereocenters. The Kier molecular flexibility index (Phi) is 5.68. The summed E-state index contributed by atoms with van der Waals surface area (Å²) < 4.78 is 6.88. The summed E-state index contributed by atoms with van der Waals surface area (Å²) in [7, 11) is 1.50. The van der Waals surface area contributed by atoms with Gasteiger partial charge in [-0.25, -0.2) is 0 Å². The van der Waals surface area contributed by atoms with Crippen molar-refractivity contribution < 1.29 is 9.53 Å². The van der Waals surface area contributed by atoms with Crippen LogP contribution in [-0.2, 0) is 13.1 Å². The molecule has 1 aromatic carbocycles. The normalized spacial score (nSPS) is 10.5. The van der Waals surface area contributed by atoms with E-state index in [1.54, 1.807) is 10.7 Å². The molecular formula is C17H24N4O3. The Morgan fingerprint density at radius 2 is 2.08 bits per heavy atom. The number of ether oxygens (including phenoxy) is 1. The minimum Gasteiger partial charge on any atom is -0.481 e. The largest absolute Gasteiger partial charge is 0.481 e. The average Bonchev–Trinajstić information content (AvgIpc) is 2.89. The van der Waals surface area contributed by atoms with E-state index in [0.717, 1.165) is 17.8 Å². The van der Waals surface area contributed by atoms with Crippen LogP contribution in [0.5, 0.6) is 5.88 Å². The zero-order valence-electron chi connectivity index (χ0n) is 14.5. The van der Waals surface area contributed by atoms with Crippen molar-refractivity contribution in [2.45, 2.75) is 33.9 Å². The van der Waals surface area contributed by atoms with Gasteiger partial charge in [0.1, 0.15) is 0 Å². The first kappa shape index (κ1) is 17.7. The molecule has 0 aliphatic rings. The highest BCUT2D eigenvalue weighted by Gasteiger charge is 2.17. The zero-order chi connectivity index (χ0) is 17.7. The van der Waals surface area contributed by atoms with Gasteiger partial charge in [0, 0.05) is 24.3 Å². The molecule has 0 unspecified atom stereocenters. The first-order valence-corrected chi connectivity index (χ1v) is 8.00. The maximum Gasteiger partial charge on any atom is 0.273 e. The molecule has 0 radical (unpaired) electrons. The Morgan fingerprint density at radius 3 is 2.71 bits per heavy atom. The minimum atomic E-state index is -0.257. The first-order valence-electron chi connectivity index (χ1n) is 8.00. The van der Waals surface area contributed by atoms with Gasteiger partial charge in [0.2, 0.25) is 5.88 Å². The van der Waals surface area contributed by atoms with Crippen molar-refractivity contribution >= 4 is 11.6 Å². The molecule has 7 heteroatoms. The highest BCUT2D eigenvalue weighted by Crippen LogP contribution is 2.19. The number of benzene rings is 1. The van der Waals surface area contributed by atoms with E-state index in [-0.39, 0.29) is 18.0 Å². The molecule has 130 valence electrons. The zero-order valence-corrected chi connectivity index (χ0v) is 14.5. The van der Waals surface area contributed by atoms with Gasteiger partial charge in [0.05, 0.1) is 19.2 Å². The van der Waals surface area contributed by atoms with Gasteiger partial charge in [-0.15, -0.1) is 0 Å². The number of aromatic amines is 1. The monoisotopic (exact) mass is 332 g/mol. The van der Waals surface area contributed by atoms with Crippen molar-refractivity contribution in [3.63, 3.8) is 0 Å². The Morgan fingerprint density at radius 1 is 1.33 bits per heavy atom. The highest BCUT2D eigenvalue weighted by atomic mass is 16.5. The van der Waals surface area contributed by atoms with Crippen LogP contribution >= 0.6 is 0 Å². The molecule has 0 saturated heterocycles. The fourth-order valence-electron chi connectivity index (χ4n) is 2.64. The lowest BCUT2D eigenvalue weighted by molar-refractivity contribution is 0.0950. The first-order chi connectivity index (χ1) is 11.5. The van der Waals surface area contributed by atoms with Crippen molar-refractivity contribution in [1.82, 2.24) is 15.1 Å². The van der Waals surface area contributed by atoms with Gasteiger partial charge in [0.25, 0.3) is 11.5 Å². The van der Waals surface area contributed by atoms with Gasteiger partial charge < -0.3 is 15.4 Å². The van der Waals surface area contributed by atoms with Crippen LogP contribution in [0.15, 0.2) is 23.0 Å². The molecule has 7 nitrogen and oxygen atoms in total. The molecule has 0 bridgehead atoms. The van der Waals surface area contributed by atoms with Crippen LogP contribution in [0.2, 0.25) is 0 Å². The van der Waals surface area contributed by atoms with Crippen molar-refractivity contribution in [3.05, 3.63) is 45.2 Å². The van der Waals surface area contributed by atoms with E-state index in [4.69, 9.17) is 4.74 Å². The number of aromatic nitrogens is 2. The molecule has 1 heterocycles. The summed E-state index contributed by atoms with van der Waals surface area (Å²) in [6.07, 6.45) is 0. The minimum absolute atomic E-state index is 0.106. The predicted molar refractivity (Wildman–Crippen MR) is 93.8 cm³/mol. The van der Waals surface area contributed by atoms with E-state index in [1.807, 2.05) is 32.9 Å². The summed E-state index contributed by atoms with van der Waals surface area (Å²) in [5, 5.41) is 8.71. The molecular weight excluding hydrogens is 308 g/mol. The molecule has 2 aromatic rings. The average molecular weight is 332 g/mol. The van der Waals surface area contributed by atoms with E-state index in [1.165, 1.54) is 7.11 Å². The number of amides is 1. The third-order valence-electron chi connectivity index (χ3n) is 3.89. The number of anilines is 1. The number of rotatable bonds is 7. The summed E-state index contributed by atoms with van der Waals surface area (Å²) >= 11 is 0. The summed E-state index contributed by atoms with van der Waals surface area (Å²) in [5.41, 5.74) is 2.54. The van der Waals surface area contributed by atoms with E-state index in [2.05, 4.69) is 15.7 Å². The van der Waals surface area contributed by atoms with Crippen molar-refractivity contribution in [2.24, 2.45) is 0 Å². The number of carbonyl (C=O) groups excluding carboxylic acids is 1. The molecule has 0 aliphatic heterocycles. The topological polar surface area (TPSA) is 88.2 Å². The van der Waals surface area contributed by atoms with Crippen molar-refractivity contribution in [2.75, 3.05) is 19.0 Å². The van der Waals surface area contributed by atoms with Gasteiger partial charge in [-0.1, -0.05) is 6.07 Å². The lowest BCUT2D eigenvalue weighted by Crippen LogP contribution is -2.26. The van der Waals surface area contributed by atoms with Crippen molar-refractivity contribution in [1.29, 1.82) is 0 Å². The lowest BCUT2D eigenvalue weighted by Gasteiger charge is -2.12. The van der Waals surface area contributed by atoms with Gasteiger partial charge in [0.15, 0.2) is 0 Å². The number of methoxy groups -OCH3 is 1. The Labute approximate surface area is 141 Å². The molecule has 24 heavy (non-hydrogen) atoms. The molecule has 1 amide bonds. The standard InChI is InChI=1S/C17H24N4O3/c1-5-18-14-9-7-8-12(11(14)3)15(22)19-10-13-16(23)20-21(6-2)17(13)24-4/h7-9,18H,5-6,10H2,1-4H3,(H,19,22)(H,20,23). The number of nitrogens with one attached hydrogen (secondary N) is 3. The van der Waals surface area contributed by atoms with Crippen LogP contribution in [-0.4, -0.2) is 29.3 Å². The second-order valence-electron chi connectivity index (χ2n) is 5.36. The summed E-state index contributed by atoms with van der Waals surface area (Å²) in [6.45, 7) is 7.27. The number of hydrogen-bond donors (Lipinski definition) is 3. The van der Waals surface area contributed by atoms with Gasteiger partial charge in [-0.2, -0.15) is 0 Å². The summed E-state index contributed by atoms with van der Waals surface area (Å²) in [6, 6.07) is 5.54. The second-order valence-corrected chi connectivity index (χ2v) is 5.36. The molecule has 0 saturated carbocycles. The van der Waals surface area contributed by atoms with Gasteiger partial charge in [-0.3, -0.25) is 19.4 Å². The number of hydrogen-bond acceptors (Lipinski definition) is 4. The molecule has 1 aromatic heterocycles. The van der Waals surface area contributed by atoms with Crippen LogP contribution < -0.4 is 20.9 Å². The lowest BCUT2D eigenvalue weighted by atomic mass is 10.1. The van der Waals surface area contributed by atoms with Crippen molar-refractivity contribution in [3.8, 4) is 5.88 Å². The molecule has 0 aliphatic carbocycles. The highest BCUT2D eigenvalue weighted by molar-refractivity contribution is 5.97. The maximum absolute atomic E-state index is 12.5. The van der Waals surface area contributed by atoms with Crippen LogP contribution in [0.3, 0.4) is 0 Å². The van der Waals surface area contributed by atoms with Crippen LogP contribution in [0.1, 0.15) is 35.3 Å². The fourth-order valence-corrected chi connectivity index (χ4v) is 2.64. The Balaban J connectivity index is 2.19. The Hall–Kier alpha value is -2.70. The van der Waals surface area contributed by atoms with E-state index < -0.39 is 0 Å². The fraction of sp³-hybridized carbons (Fsp3) is 0.412. The third kappa shape index (κ3) is 3.45. The third-order valence-corrected chi connectivity index (χ3v) is 3.89. The van der Waals surface area contributed by atoms with E-state index >= 15 is 0 Å². The molecule has 2 rings (SSSR count). The Bertz CT molecular complexity index is 777. The quantitative estimate of drug-likeness (QED) is 0.722. The summed E-state index contributed by atoms with van der Waals surface area (Å²) in [5.74, 6) is 0.221. The number of carbonyl (C=O) groups is 1. The van der Waals surface area contributed by atoms with Gasteiger partial charge >= 0.3 is 0 Å². The number of H-pyrrole nitrogens is 1. The number of nitrogens with zero attached hydrogens (tertiary/aromatic N) is 1. The van der Waals surface area contributed by atoms with Crippen LogP contribution in [0.25, 0.3) is 0 Å². The molecule has 3 N–H and O–H groups in total. The van der Waals surface area contributed by atoms with E-state index in [0.29, 0.717) is 23.6 Å². The summed E-state index contributed by atoms with van der Waals surface area (Å²) in [4.78, 5) is 24.5. The van der Waals surface area contributed by atoms with E-state index in [9.17, 15) is 9.59 Å². The van der Waals surface area contributed by atoms with Crippen LogP contribution in [0, 0.1) is 6.92 Å². The second kappa shape index (κ2) is 7.72. The molecule has 0 spiro atoms. The predicted octanol–water partition coefficient (Wildman–Crippen LogP) is 1.88. The van der Waals surface area contributed by atoms with Gasteiger partial charge in [-0.05, 0) is 38.5 Å².